The monoisotopic (exact) mass is 488 g/mol. The lowest BCUT2D eigenvalue weighted by atomic mass is 9.99. The predicted octanol–water partition coefficient (Wildman–Crippen LogP) is 5.29. The van der Waals surface area contributed by atoms with Gasteiger partial charge in [0.25, 0.3) is 5.91 Å². The van der Waals surface area contributed by atoms with Gasteiger partial charge >= 0.3 is 5.97 Å². The summed E-state index contributed by atoms with van der Waals surface area (Å²) in [5.74, 6) is -0.515. The molecule has 0 aliphatic heterocycles. The topological polar surface area (TPSA) is 87.7 Å². The molecule has 6 nitrogen and oxygen atoms in total. The second kappa shape index (κ2) is 12.2. The van der Waals surface area contributed by atoms with Gasteiger partial charge in [-0.25, -0.2) is 4.79 Å². The van der Waals surface area contributed by atoms with Crippen molar-refractivity contribution in [3.05, 3.63) is 95.1 Å². The lowest BCUT2D eigenvalue weighted by Crippen LogP contribution is -2.44. The molecule has 3 rings (SSSR count). The Morgan fingerprint density at radius 1 is 0.889 bits per heavy atom. The van der Waals surface area contributed by atoms with E-state index >= 15 is 0 Å². The van der Waals surface area contributed by atoms with Crippen molar-refractivity contribution >= 4 is 17.6 Å². The number of ether oxygens (including phenoxy) is 1. The van der Waals surface area contributed by atoms with E-state index in [1.54, 1.807) is 18.2 Å². The quantitative estimate of drug-likeness (QED) is 0.338. The number of aryl methyl sites for hydroxylation is 3. The average molecular weight is 489 g/mol. The summed E-state index contributed by atoms with van der Waals surface area (Å²) < 4.78 is 5.60. The van der Waals surface area contributed by atoms with Crippen LogP contribution in [0.15, 0.2) is 72.8 Å². The van der Waals surface area contributed by atoms with Crippen molar-refractivity contribution in [2.75, 3.05) is 12.4 Å². The van der Waals surface area contributed by atoms with E-state index in [0.717, 1.165) is 28.8 Å². The van der Waals surface area contributed by atoms with Gasteiger partial charge in [0.05, 0.1) is 0 Å². The molecule has 0 saturated carbocycles. The molecule has 1 amide bonds. The summed E-state index contributed by atoms with van der Waals surface area (Å²) in [6.07, 6.45) is 2.55. The van der Waals surface area contributed by atoms with E-state index in [1.165, 1.54) is 0 Å². The van der Waals surface area contributed by atoms with Gasteiger partial charge < -0.3 is 20.5 Å². The normalized spacial score (nSPS) is 12.0. The Morgan fingerprint density at radius 2 is 1.56 bits per heavy atom. The number of hydrogen-bond donors (Lipinski definition) is 3. The number of carbonyl (C=O) groups is 2. The van der Waals surface area contributed by atoms with E-state index < -0.39 is 17.6 Å². The van der Waals surface area contributed by atoms with Crippen LogP contribution in [-0.4, -0.2) is 35.7 Å². The van der Waals surface area contributed by atoms with E-state index in [4.69, 9.17) is 4.74 Å². The van der Waals surface area contributed by atoms with Crippen LogP contribution in [0.1, 0.15) is 54.2 Å². The molecule has 3 aromatic rings. The number of hydrogen-bond acceptors (Lipinski definition) is 5. The van der Waals surface area contributed by atoms with Crippen LogP contribution >= 0.6 is 0 Å². The second-order valence-corrected chi connectivity index (χ2v) is 9.87. The second-order valence-electron chi connectivity index (χ2n) is 9.87. The van der Waals surface area contributed by atoms with Gasteiger partial charge in [-0.15, -0.1) is 0 Å². The summed E-state index contributed by atoms with van der Waals surface area (Å²) in [6, 6.07) is 21.7. The van der Waals surface area contributed by atoms with Crippen LogP contribution in [0.5, 0.6) is 5.75 Å². The highest BCUT2D eigenvalue weighted by Crippen LogP contribution is 2.21. The summed E-state index contributed by atoms with van der Waals surface area (Å²) in [5, 5.41) is 15.6. The zero-order chi connectivity index (χ0) is 26.1. The van der Waals surface area contributed by atoms with Gasteiger partial charge in [0.15, 0.2) is 0 Å². The molecule has 190 valence electrons. The van der Waals surface area contributed by atoms with Crippen molar-refractivity contribution in [2.45, 2.75) is 58.1 Å². The van der Waals surface area contributed by atoms with Crippen molar-refractivity contribution in [3.8, 4) is 5.75 Å². The van der Waals surface area contributed by atoms with Crippen LogP contribution in [0.3, 0.4) is 0 Å². The van der Waals surface area contributed by atoms with E-state index in [-0.39, 0.29) is 11.7 Å². The number of anilines is 1. The highest BCUT2D eigenvalue weighted by molar-refractivity contribution is 5.97. The molecular weight excluding hydrogens is 452 g/mol. The minimum atomic E-state index is -0.763. The van der Waals surface area contributed by atoms with E-state index in [0.29, 0.717) is 24.8 Å². The van der Waals surface area contributed by atoms with Gasteiger partial charge in [0, 0.05) is 18.3 Å². The number of carbonyl (C=O) groups excluding carboxylic acids is 2. The number of aromatic hydroxyl groups is 1. The number of phenolic OH excluding ortho intramolecular Hbond substituents is 1. The van der Waals surface area contributed by atoms with Gasteiger partial charge in [-0.2, -0.15) is 0 Å². The third kappa shape index (κ3) is 8.15. The van der Waals surface area contributed by atoms with Gasteiger partial charge in [-0.3, -0.25) is 4.79 Å². The Hall–Kier alpha value is -3.80. The van der Waals surface area contributed by atoms with Gasteiger partial charge in [0.2, 0.25) is 0 Å². The lowest BCUT2D eigenvalue weighted by Gasteiger charge is -2.25. The average Bonchev–Trinajstić information content (AvgIpc) is 2.85. The minimum Gasteiger partial charge on any atom is -0.508 e. The third-order valence-electron chi connectivity index (χ3n) is 5.82. The molecule has 6 heteroatoms. The molecule has 1 atom stereocenters. The van der Waals surface area contributed by atoms with Crippen molar-refractivity contribution in [3.63, 3.8) is 0 Å². The molecule has 0 aliphatic rings. The zero-order valence-corrected chi connectivity index (χ0v) is 21.5. The molecule has 0 aliphatic carbocycles. The fourth-order valence-electron chi connectivity index (χ4n) is 3.95. The van der Waals surface area contributed by atoms with E-state index in [9.17, 15) is 14.7 Å². The van der Waals surface area contributed by atoms with Crippen LogP contribution in [0.4, 0.5) is 5.69 Å². The highest BCUT2D eigenvalue weighted by Gasteiger charge is 2.27. The van der Waals surface area contributed by atoms with Crippen LogP contribution in [0, 0.1) is 0 Å². The molecule has 36 heavy (non-hydrogen) atoms. The number of amides is 1. The largest absolute Gasteiger partial charge is 0.508 e. The molecule has 0 aromatic heterocycles. The van der Waals surface area contributed by atoms with Crippen molar-refractivity contribution in [1.29, 1.82) is 0 Å². The zero-order valence-electron chi connectivity index (χ0n) is 21.5. The highest BCUT2D eigenvalue weighted by atomic mass is 16.6. The summed E-state index contributed by atoms with van der Waals surface area (Å²) in [5.41, 5.74) is 3.96. The first kappa shape index (κ1) is 26.8. The number of benzene rings is 3. The minimum absolute atomic E-state index is 0.236. The maximum absolute atomic E-state index is 13.2. The van der Waals surface area contributed by atoms with Crippen molar-refractivity contribution in [1.82, 2.24) is 5.32 Å². The summed E-state index contributed by atoms with van der Waals surface area (Å²) in [4.78, 5) is 26.2. The predicted molar refractivity (Wildman–Crippen MR) is 143 cm³/mol. The lowest BCUT2D eigenvalue weighted by molar-refractivity contribution is -0.157. The molecule has 3 N–H and O–H groups in total. The van der Waals surface area contributed by atoms with Gasteiger partial charge in [0.1, 0.15) is 17.4 Å². The molecular formula is C30H36N2O4. The summed E-state index contributed by atoms with van der Waals surface area (Å²) in [6.45, 7) is 5.45. The van der Waals surface area contributed by atoms with E-state index in [2.05, 4.69) is 10.6 Å². The Morgan fingerprint density at radius 3 is 2.19 bits per heavy atom. The summed E-state index contributed by atoms with van der Waals surface area (Å²) in [7, 11) is 1.85. The standard InChI is InChI=1S/C30H36N2O4/c1-30(2,3)36-29(35)27(18-13-21-8-6-5-7-9-21)32-28(34)24-15-19-26(31-4)23(20-24)14-10-22-11-16-25(33)17-12-22/h5-9,11-12,15-17,19-20,27,31,33H,10,13-14,18H2,1-4H3,(H,32,34)/t27-/m0/s1. The summed E-state index contributed by atoms with van der Waals surface area (Å²) >= 11 is 0. The SMILES string of the molecule is CNc1ccc(C(=O)N[C@@H](CCc2ccccc2)C(=O)OC(C)(C)C)cc1CCc1ccc(O)cc1. The number of phenols is 1. The Labute approximate surface area is 213 Å². The third-order valence-corrected chi connectivity index (χ3v) is 5.82. The number of nitrogens with one attached hydrogen (secondary N) is 2. The van der Waals surface area contributed by atoms with Crippen molar-refractivity contribution < 1.29 is 19.4 Å². The van der Waals surface area contributed by atoms with Crippen LogP contribution in [0.2, 0.25) is 0 Å². The van der Waals surface area contributed by atoms with Gasteiger partial charge in [-0.05, 0) is 93.5 Å². The van der Waals surface area contributed by atoms with Gasteiger partial charge in [-0.1, -0.05) is 42.5 Å². The first-order chi connectivity index (χ1) is 17.1. The maximum Gasteiger partial charge on any atom is 0.329 e. The maximum atomic E-state index is 13.2. The van der Waals surface area contributed by atoms with E-state index in [1.807, 2.05) is 82.4 Å². The number of rotatable bonds is 10. The van der Waals surface area contributed by atoms with Crippen LogP contribution in [0.25, 0.3) is 0 Å². The molecule has 3 aromatic carbocycles. The molecule has 0 fully saturated rings. The molecule has 0 spiro atoms. The molecule has 0 saturated heterocycles. The molecule has 0 radical (unpaired) electrons. The first-order valence-electron chi connectivity index (χ1n) is 12.3. The first-order valence-corrected chi connectivity index (χ1v) is 12.3. The Kier molecular flexibility index (Phi) is 9.12. The smallest absolute Gasteiger partial charge is 0.329 e. The Bertz CT molecular complexity index is 1150. The molecule has 0 unspecified atom stereocenters. The fraction of sp³-hybridized carbons (Fsp3) is 0.333. The molecule has 0 heterocycles. The number of esters is 1. The van der Waals surface area contributed by atoms with Crippen LogP contribution in [-0.2, 0) is 28.8 Å². The Balaban J connectivity index is 1.75. The van der Waals surface area contributed by atoms with Crippen molar-refractivity contribution in [2.24, 2.45) is 0 Å². The van der Waals surface area contributed by atoms with Crippen LogP contribution < -0.4 is 10.6 Å². The fourth-order valence-corrected chi connectivity index (χ4v) is 3.95. The molecule has 0 bridgehead atoms.